The van der Waals surface area contributed by atoms with Crippen molar-refractivity contribution < 1.29 is 4.79 Å². The van der Waals surface area contributed by atoms with Crippen LogP contribution in [0.4, 0.5) is 0 Å². The number of hydrogen-bond donors (Lipinski definition) is 1. The standard InChI is InChI=1S/C10H15NO/c1-7-5-4-6-10(3,8(2)12)9(7)11/h4-6,9H,11H2,1-3H3. The van der Waals surface area contributed by atoms with Gasteiger partial charge in [-0.2, -0.15) is 0 Å². The van der Waals surface area contributed by atoms with Crippen LogP contribution in [0.5, 0.6) is 0 Å². The van der Waals surface area contributed by atoms with Gasteiger partial charge in [-0.05, 0) is 20.8 Å². The number of carbonyl (C=O) groups is 1. The van der Waals surface area contributed by atoms with Gasteiger partial charge in [0, 0.05) is 6.04 Å². The fourth-order valence-electron chi connectivity index (χ4n) is 1.42. The molecule has 2 nitrogen and oxygen atoms in total. The quantitative estimate of drug-likeness (QED) is 0.638. The fourth-order valence-corrected chi connectivity index (χ4v) is 1.42. The third kappa shape index (κ3) is 1.23. The summed E-state index contributed by atoms with van der Waals surface area (Å²) in [5.74, 6) is 0.124. The zero-order valence-corrected chi connectivity index (χ0v) is 7.79. The molecule has 0 aliphatic heterocycles. The van der Waals surface area contributed by atoms with E-state index in [0.29, 0.717) is 0 Å². The minimum Gasteiger partial charge on any atom is -0.323 e. The molecule has 0 heterocycles. The molecule has 0 saturated carbocycles. The van der Waals surface area contributed by atoms with Crippen molar-refractivity contribution >= 4 is 5.78 Å². The molecule has 0 spiro atoms. The highest BCUT2D eigenvalue weighted by atomic mass is 16.1. The summed E-state index contributed by atoms with van der Waals surface area (Å²) in [4.78, 5) is 11.3. The first-order chi connectivity index (χ1) is 5.48. The van der Waals surface area contributed by atoms with Gasteiger partial charge in [0.25, 0.3) is 0 Å². The maximum absolute atomic E-state index is 11.3. The topological polar surface area (TPSA) is 43.1 Å². The second-order valence-corrected chi connectivity index (χ2v) is 3.59. The molecule has 2 heteroatoms. The van der Waals surface area contributed by atoms with E-state index < -0.39 is 5.41 Å². The van der Waals surface area contributed by atoms with Gasteiger partial charge in [0.1, 0.15) is 5.78 Å². The van der Waals surface area contributed by atoms with E-state index in [0.717, 1.165) is 5.57 Å². The summed E-state index contributed by atoms with van der Waals surface area (Å²) >= 11 is 0. The summed E-state index contributed by atoms with van der Waals surface area (Å²) in [6.45, 7) is 5.42. The van der Waals surface area contributed by atoms with E-state index in [1.54, 1.807) is 6.92 Å². The van der Waals surface area contributed by atoms with E-state index in [2.05, 4.69) is 0 Å². The molecule has 0 bridgehead atoms. The van der Waals surface area contributed by atoms with Crippen LogP contribution in [0.1, 0.15) is 20.8 Å². The first-order valence-corrected chi connectivity index (χ1v) is 4.11. The van der Waals surface area contributed by atoms with Gasteiger partial charge in [-0.15, -0.1) is 0 Å². The minimum atomic E-state index is -0.501. The smallest absolute Gasteiger partial charge is 0.141 e. The van der Waals surface area contributed by atoms with Crippen LogP contribution in [-0.4, -0.2) is 11.8 Å². The SMILES string of the molecule is CC(=O)C1(C)C=CC=C(C)C1N. The lowest BCUT2D eigenvalue weighted by atomic mass is 9.74. The zero-order valence-electron chi connectivity index (χ0n) is 7.79. The number of rotatable bonds is 1. The van der Waals surface area contributed by atoms with Crippen LogP contribution in [0.15, 0.2) is 23.8 Å². The van der Waals surface area contributed by atoms with Gasteiger partial charge in [0.2, 0.25) is 0 Å². The average molecular weight is 165 g/mol. The van der Waals surface area contributed by atoms with Crippen LogP contribution in [0.3, 0.4) is 0 Å². The summed E-state index contributed by atoms with van der Waals surface area (Å²) in [6, 6.07) is -0.167. The van der Waals surface area contributed by atoms with E-state index in [1.807, 2.05) is 32.1 Å². The number of Topliss-reactive ketones (excluding diaryl/α,β-unsaturated/α-hetero) is 1. The molecule has 2 unspecified atom stereocenters. The molecule has 1 rings (SSSR count). The lowest BCUT2D eigenvalue weighted by Crippen LogP contribution is -2.45. The summed E-state index contributed by atoms with van der Waals surface area (Å²) in [7, 11) is 0. The average Bonchev–Trinajstić information content (AvgIpc) is 2.00. The Morgan fingerprint density at radius 2 is 2.25 bits per heavy atom. The Morgan fingerprint density at radius 3 is 2.67 bits per heavy atom. The molecule has 0 amide bonds. The number of ketones is 1. The summed E-state index contributed by atoms with van der Waals surface area (Å²) in [5.41, 5.74) is 6.48. The van der Waals surface area contributed by atoms with Crippen molar-refractivity contribution in [3.63, 3.8) is 0 Å². The van der Waals surface area contributed by atoms with Gasteiger partial charge in [-0.1, -0.05) is 23.8 Å². The number of hydrogen-bond acceptors (Lipinski definition) is 2. The molecule has 12 heavy (non-hydrogen) atoms. The van der Waals surface area contributed by atoms with Crippen molar-refractivity contribution in [3.8, 4) is 0 Å². The molecule has 0 fully saturated rings. The van der Waals surface area contributed by atoms with Crippen LogP contribution < -0.4 is 5.73 Å². The van der Waals surface area contributed by atoms with E-state index in [4.69, 9.17) is 5.73 Å². The maximum atomic E-state index is 11.3. The predicted octanol–water partition coefficient (Wildman–Crippen LogP) is 1.43. The molecule has 0 radical (unpaired) electrons. The second kappa shape index (κ2) is 2.87. The zero-order chi connectivity index (χ0) is 9.35. The highest BCUT2D eigenvalue weighted by Gasteiger charge is 2.35. The van der Waals surface area contributed by atoms with Gasteiger partial charge in [0.15, 0.2) is 0 Å². The Balaban J connectivity index is 3.03. The van der Waals surface area contributed by atoms with Gasteiger partial charge in [0.05, 0.1) is 5.41 Å². The normalized spacial score (nSPS) is 34.7. The molecule has 2 atom stereocenters. The molecular weight excluding hydrogens is 150 g/mol. The van der Waals surface area contributed by atoms with E-state index in [-0.39, 0.29) is 11.8 Å². The Bertz CT molecular complexity index is 265. The molecule has 1 aliphatic carbocycles. The fraction of sp³-hybridized carbons (Fsp3) is 0.500. The van der Waals surface area contributed by atoms with Crippen molar-refractivity contribution in [2.45, 2.75) is 26.8 Å². The molecule has 1 aliphatic rings. The molecular formula is C10H15NO. The third-order valence-corrected chi connectivity index (χ3v) is 2.70. The summed E-state index contributed by atoms with van der Waals surface area (Å²) < 4.78 is 0. The molecule has 0 aromatic rings. The summed E-state index contributed by atoms with van der Waals surface area (Å²) in [5, 5.41) is 0. The maximum Gasteiger partial charge on any atom is 0.141 e. The number of nitrogens with two attached hydrogens (primary N) is 1. The lowest BCUT2D eigenvalue weighted by Gasteiger charge is -2.32. The number of carbonyl (C=O) groups excluding carboxylic acids is 1. The van der Waals surface area contributed by atoms with Crippen LogP contribution >= 0.6 is 0 Å². The second-order valence-electron chi connectivity index (χ2n) is 3.59. The first-order valence-electron chi connectivity index (χ1n) is 4.11. The van der Waals surface area contributed by atoms with E-state index >= 15 is 0 Å². The highest BCUT2D eigenvalue weighted by molar-refractivity contribution is 5.85. The van der Waals surface area contributed by atoms with Gasteiger partial charge in [-0.3, -0.25) is 4.79 Å². The van der Waals surface area contributed by atoms with Crippen LogP contribution in [-0.2, 0) is 4.79 Å². The van der Waals surface area contributed by atoms with Gasteiger partial charge < -0.3 is 5.73 Å². The van der Waals surface area contributed by atoms with Gasteiger partial charge in [-0.25, -0.2) is 0 Å². The Morgan fingerprint density at radius 1 is 1.67 bits per heavy atom. The highest BCUT2D eigenvalue weighted by Crippen LogP contribution is 2.30. The minimum absolute atomic E-state index is 0.124. The molecule has 2 N–H and O–H groups in total. The van der Waals surface area contributed by atoms with Gasteiger partial charge >= 0.3 is 0 Å². The predicted molar refractivity (Wildman–Crippen MR) is 49.7 cm³/mol. The summed E-state index contributed by atoms with van der Waals surface area (Å²) in [6.07, 6.45) is 5.74. The Kier molecular flexibility index (Phi) is 2.20. The van der Waals surface area contributed by atoms with Crippen molar-refractivity contribution in [1.82, 2.24) is 0 Å². The van der Waals surface area contributed by atoms with Crippen molar-refractivity contribution in [1.29, 1.82) is 0 Å². The van der Waals surface area contributed by atoms with Crippen molar-refractivity contribution in [2.24, 2.45) is 11.1 Å². The largest absolute Gasteiger partial charge is 0.323 e. The molecule has 66 valence electrons. The molecule has 0 aromatic carbocycles. The monoisotopic (exact) mass is 165 g/mol. The Labute approximate surface area is 73.1 Å². The third-order valence-electron chi connectivity index (χ3n) is 2.70. The lowest BCUT2D eigenvalue weighted by molar-refractivity contribution is -0.123. The Hall–Kier alpha value is -0.890. The van der Waals surface area contributed by atoms with Crippen LogP contribution in [0, 0.1) is 5.41 Å². The molecule has 0 aromatic heterocycles. The van der Waals surface area contributed by atoms with E-state index in [9.17, 15) is 4.79 Å². The van der Waals surface area contributed by atoms with E-state index in [1.165, 1.54) is 0 Å². The first kappa shape index (κ1) is 9.20. The molecule has 0 saturated heterocycles. The van der Waals surface area contributed by atoms with Crippen LogP contribution in [0.2, 0.25) is 0 Å². The number of allylic oxidation sites excluding steroid dienone is 2. The van der Waals surface area contributed by atoms with Crippen molar-refractivity contribution in [2.75, 3.05) is 0 Å². The van der Waals surface area contributed by atoms with Crippen LogP contribution in [0.25, 0.3) is 0 Å². The van der Waals surface area contributed by atoms with Crippen molar-refractivity contribution in [3.05, 3.63) is 23.8 Å².